The molecule has 0 spiro atoms. The Hall–Kier alpha value is -0.960. The third kappa shape index (κ3) is 9.49. The van der Waals surface area contributed by atoms with Gasteiger partial charge in [-0.1, -0.05) is 25.0 Å². The number of hydrogen-bond donors (Lipinski definition) is 3. The Bertz CT molecular complexity index is 606. The van der Waals surface area contributed by atoms with Crippen LogP contribution in [0.5, 0.6) is 0 Å². The second-order valence-electron chi connectivity index (χ2n) is 6.99. The second-order valence-corrected chi connectivity index (χ2v) is 7.98. The lowest BCUT2D eigenvalue weighted by Gasteiger charge is -2.12. The minimum absolute atomic E-state index is 0. The van der Waals surface area contributed by atoms with E-state index in [-0.39, 0.29) is 35.8 Å². The molecule has 1 aromatic rings. The normalized spacial score (nSPS) is 14.4. The SMILES string of the molecule is CCNC(=NCc1cccc(NC(=O)C2CCCC2)c1)NCCCCSC.I. The molecule has 28 heavy (non-hydrogen) atoms. The highest BCUT2D eigenvalue weighted by Crippen LogP contribution is 2.26. The monoisotopic (exact) mass is 518 g/mol. The summed E-state index contributed by atoms with van der Waals surface area (Å²) in [6, 6.07) is 8.02. The lowest BCUT2D eigenvalue weighted by molar-refractivity contribution is -0.119. The summed E-state index contributed by atoms with van der Waals surface area (Å²) in [6.45, 7) is 4.44. The smallest absolute Gasteiger partial charge is 0.227 e. The molecule has 1 aliphatic carbocycles. The first-order chi connectivity index (χ1) is 13.2. The standard InChI is InChI=1S/C21H34N4OS.HI/c1-3-22-21(23-13-6-7-14-27-2)24-16-17-9-8-12-19(15-17)25-20(26)18-10-4-5-11-18;/h8-9,12,15,18H,3-7,10-11,13-14,16H2,1-2H3,(H,25,26)(H2,22,23,24);1H. The van der Waals surface area contributed by atoms with Crippen LogP contribution < -0.4 is 16.0 Å². The van der Waals surface area contributed by atoms with Crippen molar-refractivity contribution in [2.75, 3.05) is 30.4 Å². The molecule has 7 heteroatoms. The summed E-state index contributed by atoms with van der Waals surface area (Å²) < 4.78 is 0. The molecule has 0 unspecified atom stereocenters. The number of rotatable bonds is 10. The van der Waals surface area contributed by atoms with Crippen LogP contribution in [0.3, 0.4) is 0 Å². The largest absolute Gasteiger partial charge is 0.357 e. The molecule has 0 aromatic heterocycles. The van der Waals surface area contributed by atoms with Gasteiger partial charge in [0.05, 0.1) is 6.54 Å². The highest BCUT2D eigenvalue weighted by Gasteiger charge is 2.22. The average molecular weight is 519 g/mol. The lowest BCUT2D eigenvalue weighted by Crippen LogP contribution is -2.37. The highest BCUT2D eigenvalue weighted by molar-refractivity contribution is 14.0. The number of aliphatic imine (C=N–C) groups is 1. The number of nitrogens with zero attached hydrogens (tertiary/aromatic N) is 1. The maximum Gasteiger partial charge on any atom is 0.227 e. The van der Waals surface area contributed by atoms with Gasteiger partial charge in [-0.05, 0) is 62.3 Å². The molecule has 1 amide bonds. The Labute approximate surface area is 191 Å². The zero-order chi connectivity index (χ0) is 19.3. The zero-order valence-electron chi connectivity index (χ0n) is 17.1. The number of halogens is 1. The third-order valence-corrected chi connectivity index (χ3v) is 5.45. The van der Waals surface area contributed by atoms with Crippen molar-refractivity contribution in [1.82, 2.24) is 10.6 Å². The van der Waals surface area contributed by atoms with Crippen LogP contribution >= 0.6 is 35.7 Å². The van der Waals surface area contributed by atoms with Gasteiger partial charge in [-0.25, -0.2) is 4.99 Å². The number of anilines is 1. The molecule has 0 atom stereocenters. The van der Waals surface area contributed by atoms with Crippen molar-refractivity contribution in [3.63, 3.8) is 0 Å². The molecule has 0 saturated heterocycles. The van der Waals surface area contributed by atoms with Crippen molar-refractivity contribution >= 4 is 53.3 Å². The van der Waals surface area contributed by atoms with Gasteiger partial charge in [-0.3, -0.25) is 4.79 Å². The van der Waals surface area contributed by atoms with Crippen molar-refractivity contribution in [2.45, 2.75) is 52.0 Å². The summed E-state index contributed by atoms with van der Waals surface area (Å²) in [5, 5.41) is 9.76. The average Bonchev–Trinajstić information content (AvgIpc) is 3.21. The fraction of sp³-hybridized carbons (Fsp3) is 0.619. The second kappa shape index (κ2) is 15.0. The molecule has 1 saturated carbocycles. The number of thioether (sulfide) groups is 1. The van der Waals surface area contributed by atoms with E-state index in [1.165, 1.54) is 25.0 Å². The number of guanidine groups is 1. The van der Waals surface area contributed by atoms with E-state index < -0.39 is 0 Å². The summed E-state index contributed by atoms with van der Waals surface area (Å²) in [6.07, 6.45) is 8.89. The van der Waals surface area contributed by atoms with Crippen molar-refractivity contribution in [3.05, 3.63) is 29.8 Å². The predicted molar refractivity (Wildman–Crippen MR) is 133 cm³/mol. The molecule has 2 rings (SSSR count). The summed E-state index contributed by atoms with van der Waals surface area (Å²) >= 11 is 1.89. The van der Waals surface area contributed by atoms with E-state index in [9.17, 15) is 4.79 Å². The maximum atomic E-state index is 12.3. The first-order valence-electron chi connectivity index (χ1n) is 10.1. The van der Waals surface area contributed by atoms with E-state index in [0.29, 0.717) is 6.54 Å². The van der Waals surface area contributed by atoms with Crippen LogP contribution in [-0.2, 0) is 11.3 Å². The minimum atomic E-state index is 0. The van der Waals surface area contributed by atoms with Gasteiger partial charge in [-0.2, -0.15) is 11.8 Å². The van der Waals surface area contributed by atoms with Crippen molar-refractivity contribution < 1.29 is 4.79 Å². The van der Waals surface area contributed by atoms with Gasteiger partial charge in [0.2, 0.25) is 5.91 Å². The van der Waals surface area contributed by atoms with Crippen LogP contribution in [0.1, 0.15) is 51.0 Å². The first-order valence-corrected chi connectivity index (χ1v) is 11.5. The van der Waals surface area contributed by atoms with Crippen LogP contribution in [0.25, 0.3) is 0 Å². The minimum Gasteiger partial charge on any atom is -0.357 e. The molecule has 1 fully saturated rings. The highest BCUT2D eigenvalue weighted by atomic mass is 127. The van der Waals surface area contributed by atoms with E-state index in [0.717, 1.165) is 49.6 Å². The molecule has 0 aliphatic heterocycles. The van der Waals surface area contributed by atoms with E-state index in [2.05, 4.69) is 40.2 Å². The van der Waals surface area contributed by atoms with Gasteiger partial charge < -0.3 is 16.0 Å². The van der Waals surface area contributed by atoms with Gasteiger partial charge in [0.15, 0.2) is 5.96 Å². The first kappa shape index (κ1) is 25.1. The summed E-state index contributed by atoms with van der Waals surface area (Å²) in [7, 11) is 0. The summed E-state index contributed by atoms with van der Waals surface area (Å²) in [5.41, 5.74) is 1.97. The molecular weight excluding hydrogens is 483 g/mol. The number of hydrogen-bond acceptors (Lipinski definition) is 3. The van der Waals surface area contributed by atoms with Crippen molar-refractivity contribution in [1.29, 1.82) is 0 Å². The number of unbranched alkanes of at least 4 members (excludes halogenated alkanes) is 1. The van der Waals surface area contributed by atoms with Crippen LogP contribution in [0.2, 0.25) is 0 Å². The van der Waals surface area contributed by atoms with E-state index in [4.69, 9.17) is 0 Å². The maximum absolute atomic E-state index is 12.3. The number of nitrogens with one attached hydrogen (secondary N) is 3. The zero-order valence-corrected chi connectivity index (χ0v) is 20.3. The van der Waals surface area contributed by atoms with Gasteiger partial charge in [0.25, 0.3) is 0 Å². The Balaban J connectivity index is 0.00000392. The van der Waals surface area contributed by atoms with Crippen molar-refractivity contribution in [3.8, 4) is 0 Å². The van der Waals surface area contributed by atoms with Gasteiger partial charge in [0.1, 0.15) is 0 Å². The van der Waals surface area contributed by atoms with E-state index in [1.807, 2.05) is 30.0 Å². The lowest BCUT2D eigenvalue weighted by atomic mass is 10.1. The fourth-order valence-electron chi connectivity index (χ4n) is 3.27. The number of amides is 1. The predicted octanol–water partition coefficient (Wildman–Crippen LogP) is 4.63. The molecule has 0 bridgehead atoms. The number of benzene rings is 1. The Morgan fingerprint density at radius 1 is 1.21 bits per heavy atom. The van der Waals surface area contributed by atoms with Gasteiger partial charge in [-0.15, -0.1) is 24.0 Å². The third-order valence-electron chi connectivity index (χ3n) is 4.75. The molecule has 3 N–H and O–H groups in total. The van der Waals surface area contributed by atoms with Gasteiger partial charge >= 0.3 is 0 Å². The quantitative estimate of drug-likeness (QED) is 0.183. The molecule has 158 valence electrons. The Morgan fingerprint density at radius 2 is 2.00 bits per heavy atom. The Kier molecular flexibility index (Phi) is 13.4. The van der Waals surface area contributed by atoms with E-state index >= 15 is 0 Å². The fourth-order valence-corrected chi connectivity index (χ4v) is 3.76. The molecular formula is C21H35IN4OS. The van der Waals surface area contributed by atoms with Crippen LogP contribution in [-0.4, -0.2) is 37.0 Å². The molecule has 5 nitrogen and oxygen atoms in total. The van der Waals surface area contributed by atoms with E-state index in [1.54, 1.807) is 0 Å². The summed E-state index contributed by atoms with van der Waals surface area (Å²) in [4.78, 5) is 17.0. The number of carbonyl (C=O) groups is 1. The van der Waals surface area contributed by atoms with Crippen LogP contribution in [0.4, 0.5) is 5.69 Å². The molecule has 1 aromatic carbocycles. The molecule has 1 aliphatic rings. The van der Waals surface area contributed by atoms with Gasteiger partial charge in [0, 0.05) is 24.7 Å². The topological polar surface area (TPSA) is 65.5 Å². The number of carbonyl (C=O) groups excluding carboxylic acids is 1. The summed E-state index contributed by atoms with van der Waals surface area (Å²) in [5.74, 6) is 2.40. The van der Waals surface area contributed by atoms with Crippen LogP contribution in [0, 0.1) is 5.92 Å². The molecule has 0 radical (unpaired) electrons. The van der Waals surface area contributed by atoms with Crippen molar-refractivity contribution in [2.24, 2.45) is 10.9 Å². The molecule has 0 heterocycles. The van der Waals surface area contributed by atoms with Crippen LogP contribution in [0.15, 0.2) is 29.3 Å². The Morgan fingerprint density at radius 3 is 2.71 bits per heavy atom.